The molecule has 1 aromatic heterocycles. The Morgan fingerprint density at radius 1 is 1.28 bits per heavy atom. The van der Waals surface area contributed by atoms with Crippen LogP contribution in [0.4, 0.5) is 0 Å². The Labute approximate surface area is 107 Å². The highest BCUT2D eigenvalue weighted by atomic mass is 16.1. The molecule has 0 bridgehead atoms. The number of aryl methyl sites for hydroxylation is 2. The molecule has 1 amide bonds. The zero-order valence-electron chi connectivity index (χ0n) is 10.5. The molecular formula is C14H17N3O. The fourth-order valence-corrected chi connectivity index (χ4v) is 1.75. The second kappa shape index (κ2) is 6.00. The van der Waals surface area contributed by atoms with E-state index in [9.17, 15) is 4.79 Å². The lowest BCUT2D eigenvalue weighted by molar-refractivity contribution is -0.121. The maximum Gasteiger partial charge on any atom is 0.220 e. The molecule has 0 aliphatic rings. The molecule has 4 nitrogen and oxygen atoms in total. The van der Waals surface area contributed by atoms with Gasteiger partial charge in [0.1, 0.15) is 0 Å². The summed E-state index contributed by atoms with van der Waals surface area (Å²) in [7, 11) is 1.86. The van der Waals surface area contributed by atoms with Gasteiger partial charge in [0.25, 0.3) is 0 Å². The van der Waals surface area contributed by atoms with Gasteiger partial charge in [-0.25, -0.2) is 0 Å². The van der Waals surface area contributed by atoms with E-state index in [1.807, 2.05) is 43.6 Å². The fourth-order valence-electron chi connectivity index (χ4n) is 1.75. The largest absolute Gasteiger partial charge is 0.352 e. The molecule has 2 rings (SSSR count). The van der Waals surface area contributed by atoms with E-state index in [1.54, 1.807) is 10.9 Å². The quantitative estimate of drug-likeness (QED) is 0.868. The van der Waals surface area contributed by atoms with Crippen LogP contribution in [0, 0.1) is 0 Å². The summed E-state index contributed by atoms with van der Waals surface area (Å²) in [6.07, 6.45) is 4.96. The number of nitrogens with one attached hydrogen (secondary N) is 1. The van der Waals surface area contributed by atoms with Crippen molar-refractivity contribution in [3.8, 4) is 0 Å². The van der Waals surface area contributed by atoms with E-state index in [0.717, 1.165) is 12.0 Å². The maximum absolute atomic E-state index is 11.7. The van der Waals surface area contributed by atoms with Gasteiger partial charge in [-0.3, -0.25) is 9.48 Å². The molecule has 0 unspecified atom stereocenters. The third kappa shape index (κ3) is 3.73. The summed E-state index contributed by atoms with van der Waals surface area (Å²) in [4.78, 5) is 11.7. The van der Waals surface area contributed by atoms with Crippen LogP contribution >= 0.6 is 0 Å². The highest BCUT2D eigenvalue weighted by molar-refractivity contribution is 5.76. The minimum Gasteiger partial charge on any atom is -0.352 e. The second-order valence-electron chi connectivity index (χ2n) is 4.28. The number of carbonyl (C=O) groups excluding carboxylic acids is 1. The van der Waals surface area contributed by atoms with E-state index in [4.69, 9.17) is 0 Å². The Bertz CT molecular complexity index is 505. The van der Waals surface area contributed by atoms with Gasteiger partial charge in [0.05, 0.1) is 6.20 Å². The Kier molecular flexibility index (Phi) is 4.12. The smallest absolute Gasteiger partial charge is 0.220 e. The van der Waals surface area contributed by atoms with Crippen molar-refractivity contribution in [3.63, 3.8) is 0 Å². The number of amides is 1. The van der Waals surface area contributed by atoms with Crippen LogP contribution in [0.15, 0.2) is 42.7 Å². The molecule has 0 saturated carbocycles. The molecule has 4 heteroatoms. The topological polar surface area (TPSA) is 46.9 Å². The number of carbonyl (C=O) groups is 1. The van der Waals surface area contributed by atoms with E-state index < -0.39 is 0 Å². The van der Waals surface area contributed by atoms with Crippen molar-refractivity contribution < 1.29 is 4.79 Å². The van der Waals surface area contributed by atoms with E-state index in [2.05, 4.69) is 10.4 Å². The third-order valence-electron chi connectivity index (χ3n) is 2.73. The minimum absolute atomic E-state index is 0.0720. The molecular weight excluding hydrogens is 226 g/mol. The van der Waals surface area contributed by atoms with Gasteiger partial charge < -0.3 is 5.32 Å². The first kappa shape index (κ1) is 12.4. The molecule has 1 aromatic carbocycles. The Morgan fingerprint density at radius 2 is 2.06 bits per heavy atom. The molecule has 1 N–H and O–H groups in total. The van der Waals surface area contributed by atoms with Crippen LogP contribution in [-0.2, 0) is 24.8 Å². The number of hydrogen-bond acceptors (Lipinski definition) is 2. The van der Waals surface area contributed by atoms with Crippen LogP contribution in [0.1, 0.15) is 17.5 Å². The van der Waals surface area contributed by atoms with E-state index in [-0.39, 0.29) is 5.91 Å². The first-order valence-electron chi connectivity index (χ1n) is 6.02. The van der Waals surface area contributed by atoms with Crippen LogP contribution in [0.5, 0.6) is 0 Å². The van der Waals surface area contributed by atoms with Gasteiger partial charge in [0.2, 0.25) is 5.91 Å². The average molecular weight is 243 g/mol. The number of rotatable bonds is 5. The summed E-state index contributed by atoms with van der Waals surface area (Å²) < 4.78 is 1.73. The summed E-state index contributed by atoms with van der Waals surface area (Å²) in [6, 6.07) is 10.0. The second-order valence-corrected chi connectivity index (χ2v) is 4.28. The van der Waals surface area contributed by atoms with E-state index in [1.165, 1.54) is 5.56 Å². The summed E-state index contributed by atoms with van der Waals surface area (Å²) in [5, 5.41) is 6.94. The number of nitrogens with zero attached hydrogens (tertiary/aromatic N) is 2. The lowest BCUT2D eigenvalue weighted by atomic mass is 10.1. The predicted molar refractivity (Wildman–Crippen MR) is 69.8 cm³/mol. The molecule has 0 saturated heterocycles. The Balaban J connectivity index is 1.73. The van der Waals surface area contributed by atoms with Crippen LogP contribution in [0.25, 0.3) is 0 Å². The lowest BCUT2D eigenvalue weighted by Crippen LogP contribution is -2.22. The van der Waals surface area contributed by atoms with Crippen LogP contribution < -0.4 is 5.32 Å². The molecule has 0 spiro atoms. The van der Waals surface area contributed by atoms with Gasteiger partial charge in [-0.1, -0.05) is 30.3 Å². The number of benzene rings is 1. The van der Waals surface area contributed by atoms with E-state index in [0.29, 0.717) is 13.0 Å². The van der Waals surface area contributed by atoms with Gasteiger partial charge in [0, 0.05) is 31.8 Å². The van der Waals surface area contributed by atoms with Crippen LogP contribution in [0.2, 0.25) is 0 Å². The molecule has 2 aromatic rings. The van der Waals surface area contributed by atoms with E-state index >= 15 is 0 Å². The van der Waals surface area contributed by atoms with Gasteiger partial charge >= 0.3 is 0 Å². The molecule has 0 aliphatic carbocycles. The lowest BCUT2D eigenvalue weighted by Gasteiger charge is -2.03. The maximum atomic E-state index is 11.7. The Morgan fingerprint density at radius 3 is 2.72 bits per heavy atom. The molecule has 18 heavy (non-hydrogen) atoms. The van der Waals surface area contributed by atoms with Crippen molar-refractivity contribution >= 4 is 5.91 Å². The molecule has 0 atom stereocenters. The first-order valence-corrected chi connectivity index (χ1v) is 6.02. The predicted octanol–water partition coefficient (Wildman–Crippen LogP) is 1.67. The van der Waals surface area contributed by atoms with Crippen molar-refractivity contribution in [2.75, 3.05) is 0 Å². The normalized spacial score (nSPS) is 10.3. The molecule has 0 radical (unpaired) electrons. The first-order chi connectivity index (χ1) is 8.74. The van der Waals surface area contributed by atoms with Crippen molar-refractivity contribution in [2.24, 2.45) is 7.05 Å². The molecule has 0 aliphatic heterocycles. The number of aromatic nitrogens is 2. The van der Waals surface area contributed by atoms with Gasteiger partial charge in [-0.15, -0.1) is 0 Å². The third-order valence-corrected chi connectivity index (χ3v) is 2.73. The summed E-state index contributed by atoms with van der Waals surface area (Å²) in [5.41, 5.74) is 2.21. The number of hydrogen-bond donors (Lipinski definition) is 1. The van der Waals surface area contributed by atoms with Gasteiger partial charge in [-0.05, 0) is 12.0 Å². The highest BCUT2D eigenvalue weighted by Gasteiger charge is 2.03. The molecule has 94 valence electrons. The zero-order valence-corrected chi connectivity index (χ0v) is 10.5. The monoisotopic (exact) mass is 243 g/mol. The summed E-state index contributed by atoms with van der Waals surface area (Å²) in [5.74, 6) is 0.0720. The average Bonchev–Trinajstić information content (AvgIpc) is 2.81. The standard InChI is InChI=1S/C14H17N3O/c1-17-11-13(10-16-17)9-15-14(18)8-7-12-5-3-2-4-6-12/h2-6,10-11H,7-9H2,1H3,(H,15,18). The Hall–Kier alpha value is -2.10. The SMILES string of the molecule is Cn1cc(CNC(=O)CCc2ccccc2)cn1. The summed E-state index contributed by atoms with van der Waals surface area (Å²) >= 11 is 0. The summed E-state index contributed by atoms with van der Waals surface area (Å²) in [6.45, 7) is 0.543. The fraction of sp³-hybridized carbons (Fsp3) is 0.286. The molecule has 0 fully saturated rings. The minimum atomic E-state index is 0.0720. The van der Waals surface area contributed by atoms with Crippen molar-refractivity contribution in [2.45, 2.75) is 19.4 Å². The van der Waals surface area contributed by atoms with Crippen LogP contribution in [-0.4, -0.2) is 15.7 Å². The zero-order chi connectivity index (χ0) is 12.8. The van der Waals surface area contributed by atoms with Gasteiger partial charge in [-0.2, -0.15) is 5.10 Å². The van der Waals surface area contributed by atoms with Crippen molar-refractivity contribution in [3.05, 3.63) is 53.9 Å². The van der Waals surface area contributed by atoms with Gasteiger partial charge in [0.15, 0.2) is 0 Å². The van der Waals surface area contributed by atoms with Crippen LogP contribution in [0.3, 0.4) is 0 Å². The van der Waals surface area contributed by atoms with Crippen molar-refractivity contribution in [1.29, 1.82) is 0 Å². The molecule has 1 heterocycles. The highest BCUT2D eigenvalue weighted by Crippen LogP contribution is 2.02. The van der Waals surface area contributed by atoms with Crippen molar-refractivity contribution in [1.82, 2.24) is 15.1 Å².